The topological polar surface area (TPSA) is 93.1 Å². The smallest absolute Gasteiger partial charge is 0.229 e. The predicted octanol–water partition coefficient (Wildman–Crippen LogP) is 3.03. The first-order chi connectivity index (χ1) is 17.0. The first kappa shape index (κ1) is 23.7. The van der Waals surface area contributed by atoms with Crippen LogP contribution in [0.1, 0.15) is 26.3 Å². The summed E-state index contributed by atoms with van der Waals surface area (Å²) in [6.07, 6.45) is 0.193. The second-order valence-corrected chi connectivity index (χ2v) is 9.38. The predicted molar refractivity (Wildman–Crippen MR) is 135 cm³/mol. The lowest BCUT2D eigenvalue weighted by Crippen LogP contribution is -2.47. The number of methoxy groups -OCH3 is 1. The molecule has 1 N–H and O–H groups in total. The molecule has 0 bridgehead atoms. The second kappa shape index (κ2) is 9.93. The number of aliphatic hydroxyl groups excluding tert-OH is 1. The fourth-order valence-corrected chi connectivity index (χ4v) is 4.95. The number of hydrogen-bond donors (Lipinski definition) is 1. The standard InChI is InChI=1S/C26H33N5O4/c1-16-15-34-10-9-31(16)25-21-6-7-22(19-5-8-23(33-4)20(11-19)14-32)27-24(21)28-26(29-25)30-12-17(2)35-18(3)13-30/h5-8,11,16-18,32H,9-10,12-15H2,1-4H3/t16-,17?,18?/m0/s1. The van der Waals surface area contributed by atoms with Gasteiger partial charge in [-0.2, -0.15) is 9.97 Å². The molecule has 2 aromatic heterocycles. The minimum Gasteiger partial charge on any atom is -0.496 e. The summed E-state index contributed by atoms with van der Waals surface area (Å²) >= 11 is 0. The quantitative estimate of drug-likeness (QED) is 0.593. The lowest BCUT2D eigenvalue weighted by molar-refractivity contribution is -0.00570. The molecule has 0 saturated carbocycles. The van der Waals surface area contributed by atoms with Crippen molar-refractivity contribution < 1.29 is 19.3 Å². The molecule has 2 unspecified atom stereocenters. The van der Waals surface area contributed by atoms with Gasteiger partial charge in [-0.3, -0.25) is 0 Å². The Morgan fingerprint density at radius 1 is 1.06 bits per heavy atom. The Bertz CT molecular complexity index is 1200. The van der Waals surface area contributed by atoms with Gasteiger partial charge < -0.3 is 29.1 Å². The summed E-state index contributed by atoms with van der Waals surface area (Å²) in [4.78, 5) is 19.4. The van der Waals surface area contributed by atoms with Crippen LogP contribution in [0, 0.1) is 0 Å². The molecule has 4 heterocycles. The summed E-state index contributed by atoms with van der Waals surface area (Å²) in [5, 5.41) is 10.7. The molecule has 2 saturated heterocycles. The molecule has 186 valence electrons. The molecule has 0 radical (unpaired) electrons. The highest BCUT2D eigenvalue weighted by Crippen LogP contribution is 2.32. The lowest BCUT2D eigenvalue weighted by atomic mass is 10.1. The number of morpholine rings is 2. The van der Waals surface area contributed by atoms with Gasteiger partial charge in [0.05, 0.1) is 56.3 Å². The van der Waals surface area contributed by atoms with Gasteiger partial charge in [-0.1, -0.05) is 0 Å². The average Bonchev–Trinajstić information content (AvgIpc) is 2.87. The number of ether oxygens (including phenoxy) is 3. The molecule has 3 aromatic rings. The Balaban J connectivity index is 1.63. The number of fused-ring (bicyclic) bond motifs is 1. The molecule has 2 fully saturated rings. The Morgan fingerprint density at radius 3 is 2.57 bits per heavy atom. The van der Waals surface area contributed by atoms with Crippen LogP contribution in [-0.4, -0.2) is 78.3 Å². The number of aromatic nitrogens is 3. The molecule has 9 nitrogen and oxygen atoms in total. The minimum atomic E-state index is -0.108. The van der Waals surface area contributed by atoms with Crippen LogP contribution < -0.4 is 14.5 Å². The van der Waals surface area contributed by atoms with Crippen LogP contribution >= 0.6 is 0 Å². The van der Waals surface area contributed by atoms with Crippen molar-refractivity contribution in [1.82, 2.24) is 15.0 Å². The number of nitrogens with zero attached hydrogens (tertiary/aromatic N) is 5. The number of aliphatic hydroxyl groups is 1. The monoisotopic (exact) mass is 479 g/mol. The van der Waals surface area contributed by atoms with Gasteiger partial charge in [0.2, 0.25) is 5.95 Å². The van der Waals surface area contributed by atoms with Crippen molar-refractivity contribution >= 4 is 22.8 Å². The maximum Gasteiger partial charge on any atom is 0.229 e. The van der Waals surface area contributed by atoms with Crippen molar-refractivity contribution in [3.8, 4) is 17.0 Å². The summed E-state index contributed by atoms with van der Waals surface area (Å²) in [6, 6.07) is 9.95. The van der Waals surface area contributed by atoms with E-state index in [4.69, 9.17) is 29.2 Å². The van der Waals surface area contributed by atoms with Gasteiger partial charge in [0.25, 0.3) is 0 Å². The van der Waals surface area contributed by atoms with Crippen LogP contribution in [0.25, 0.3) is 22.3 Å². The summed E-state index contributed by atoms with van der Waals surface area (Å²) in [5.74, 6) is 2.21. The molecule has 5 rings (SSSR count). The number of rotatable bonds is 5. The van der Waals surface area contributed by atoms with Crippen LogP contribution in [0.2, 0.25) is 0 Å². The van der Waals surface area contributed by atoms with Gasteiger partial charge in [0, 0.05) is 30.8 Å². The summed E-state index contributed by atoms with van der Waals surface area (Å²) in [7, 11) is 1.60. The fraction of sp³-hybridized carbons (Fsp3) is 0.500. The van der Waals surface area contributed by atoms with Crippen molar-refractivity contribution in [3.63, 3.8) is 0 Å². The van der Waals surface area contributed by atoms with Gasteiger partial charge in [-0.25, -0.2) is 4.98 Å². The fourth-order valence-electron chi connectivity index (χ4n) is 4.95. The van der Waals surface area contributed by atoms with E-state index in [0.717, 1.165) is 47.7 Å². The van der Waals surface area contributed by atoms with Gasteiger partial charge in [0.1, 0.15) is 11.6 Å². The van der Waals surface area contributed by atoms with Crippen molar-refractivity contribution in [2.24, 2.45) is 0 Å². The van der Waals surface area contributed by atoms with E-state index in [-0.39, 0.29) is 24.9 Å². The summed E-state index contributed by atoms with van der Waals surface area (Å²) in [5.41, 5.74) is 3.04. The van der Waals surface area contributed by atoms with Crippen molar-refractivity contribution in [1.29, 1.82) is 0 Å². The Labute approximate surface area is 205 Å². The molecule has 0 aliphatic carbocycles. The van der Waals surface area contributed by atoms with E-state index in [0.29, 0.717) is 30.6 Å². The largest absolute Gasteiger partial charge is 0.496 e. The van der Waals surface area contributed by atoms with E-state index in [1.807, 2.05) is 30.3 Å². The minimum absolute atomic E-state index is 0.0966. The molecule has 1 aromatic carbocycles. The molecule has 0 spiro atoms. The number of anilines is 2. The lowest BCUT2D eigenvalue weighted by Gasteiger charge is -2.37. The van der Waals surface area contributed by atoms with Gasteiger partial charge in [-0.15, -0.1) is 0 Å². The molecule has 0 amide bonds. The second-order valence-electron chi connectivity index (χ2n) is 9.38. The molecule has 2 aliphatic heterocycles. The highest BCUT2D eigenvalue weighted by Gasteiger charge is 2.28. The van der Waals surface area contributed by atoms with E-state index in [1.54, 1.807) is 7.11 Å². The van der Waals surface area contributed by atoms with E-state index in [2.05, 4.69) is 30.6 Å². The molecule has 9 heteroatoms. The maximum absolute atomic E-state index is 9.77. The van der Waals surface area contributed by atoms with E-state index < -0.39 is 0 Å². The van der Waals surface area contributed by atoms with Crippen LogP contribution in [0.5, 0.6) is 5.75 Å². The van der Waals surface area contributed by atoms with E-state index >= 15 is 0 Å². The van der Waals surface area contributed by atoms with Gasteiger partial charge in [0.15, 0.2) is 5.65 Å². The third-order valence-corrected chi connectivity index (χ3v) is 6.62. The van der Waals surface area contributed by atoms with Crippen LogP contribution in [-0.2, 0) is 16.1 Å². The molecule has 35 heavy (non-hydrogen) atoms. The average molecular weight is 480 g/mol. The molecule has 2 aliphatic rings. The molecule has 3 atom stereocenters. The Morgan fingerprint density at radius 2 is 1.86 bits per heavy atom. The zero-order valence-corrected chi connectivity index (χ0v) is 20.8. The zero-order valence-electron chi connectivity index (χ0n) is 20.8. The molecular formula is C26H33N5O4. The third-order valence-electron chi connectivity index (χ3n) is 6.62. The normalized spacial score (nSPS) is 23.1. The maximum atomic E-state index is 9.77. The van der Waals surface area contributed by atoms with Gasteiger partial charge in [-0.05, 0) is 51.1 Å². The number of pyridine rings is 1. The highest BCUT2D eigenvalue weighted by molar-refractivity contribution is 5.90. The van der Waals surface area contributed by atoms with Crippen molar-refractivity contribution in [2.75, 3.05) is 49.8 Å². The third kappa shape index (κ3) is 4.76. The van der Waals surface area contributed by atoms with E-state index in [1.165, 1.54) is 0 Å². The zero-order chi connectivity index (χ0) is 24.5. The SMILES string of the molecule is COc1ccc(-c2ccc3c(N4CCOC[C@@H]4C)nc(N4CC(C)OC(C)C4)nc3n2)cc1CO. The summed E-state index contributed by atoms with van der Waals surface area (Å²) in [6.45, 7) is 9.75. The van der Waals surface area contributed by atoms with Crippen LogP contribution in [0.3, 0.4) is 0 Å². The number of hydrogen-bond acceptors (Lipinski definition) is 9. The molecular weight excluding hydrogens is 446 g/mol. The first-order valence-corrected chi connectivity index (χ1v) is 12.2. The van der Waals surface area contributed by atoms with Crippen molar-refractivity contribution in [2.45, 2.75) is 45.6 Å². The Kier molecular flexibility index (Phi) is 6.73. The van der Waals surface area contributed by atoms with Crippen molar-refractivity contribution in [3.05, 3.63) is 35.9 Å². The van der Waals surface area contributed by atoms with Crippen LogP contribution in [0.15, 0.2) is 30.3 Å². The van der Waals surface area contributed by atoms with Crippen LogP contribution in [0.4, 0.5) is 11.8 Å². The number of benzene rings is 1. The Hall–Kier alpha value is -3.01. The first-order valence-electron chi connectivity index (χ1n) is 12.2. The van der Waals surface area contributed by atoms with E-state index in [9.17, 15) is 5.11 Å². The van der Waals surface area contributed by atoms with Gasteiger partial charge >= 0.3 is 0 Å². The summed E-state index contributed by atoms with van der Waals surface area (Å²) < 4.78 is 17.0. The highest BCUT2D eigenvalue weighted by atomic mass is 16.5.